The highest BCUT2D eigenvalue weighted by Gasteiger charge is 1.87. The molecule has 2 radical (unpaired) electrons. The van der Waals surface area contributed by atoms with Gasteiger partial charge in [-0.15, -0.1) is 0 Å². The summed E-state index contributed by atoms with van der Waals surface area (Å²) in [5.74, 6) is 0. The van der Waals surface area contributed by atoms with Crippen LogP contribution in [0.2, 0.25) is 6.82 Å². The van der Waals surface area contributed by atoms with Crippen molar-refractivity contribution in [2.24, 2.45) is 0 Å². The van der Waals surface area contributed by atoms with Gasteiger partial charge in [-0.05, 0) is 0 Å². The lowest BCUT2D eigenvalue weighted by atomic mass is 9.49. The molecule has 0 bridgehead atoms. The average Bonchev–Trinajstić information content (AvgIpc) is 1.38. The molecule has 0 saturated carbocycles. The Hall–Kier alpha value is 0.0899. The predicted molar refractivity (Wildman–Crippen MR) is 24.4 cm³/mol. The minimum absolute atomic E-state index is 0.116. The number of rotatable bonds is 1. The summed E-state index contributed by atoms with van der Waals surface area (Å²) in [7, 11) is 6.64. The summed E-state index contributed by atoms with van der Waals surface area (Å²) in [6, 6.07) is 0. The second-order valence-corrected chi connectivity index (χ2v) is 0.941. The van der Waals surface area contributed by atoms with Gasteiger partial charge in [-0.25, -0.2) is 0 Å². The fourth-order valence-corrected chi connectivity index (χ4v) is 0. The van der Waals surface area contributed by atoms with Crippen LogP contribution in [-0.4, -0.2) is 21.7 Å². The first kappa shape index (κ1) is 5.09. The third-order valence-electron chi connectivity index (χ3n) is 0.372. The second kappa shape index (κ2) is 2.33. The van der Waals surface area contributed by atoms with Gasteiger partial charge in [0.15, 0.2) is 0 Å². The molecule has 0 amide bonds. The summed E-state index contributed by atoms with van der Waals surface area (Å²) in [4.78, 5) is 0. The molecule has 0 unspecified atom stereocenters. The van der Waals surface area contributed by atoms with Gasteiger partial charge in [0.05, 0.1) is 7.74 Å². The molecule has 0 spiro atoms. The fourth-order valence-electron chi connectivity index (χ4n) is 0. The first-order valence-electron chi connectivity index (χ1n) is 1.55. The maximum absolute atomic E-state index is 5.07. The van der Waals surface area contributed by atoms with Gasteiger partial charge in [0.2, 0.25) is 6.81 Å². The molecule has 0 fully saturated rings. The van der Waals surface area contributed by atoms with Crippen LogP contribution in [0.4, 0.5) is 0 Å². The highest BCUT2D eigenvalue weighted by molar-refractivity contribution is 6.98. The van der Waals surface area contributed by atoms with Gasteiger partial charge >= 0.3 is 0 Å². The van der Waals surface area contributed by atoms with E-state index in [1.165, 1.54) is 0 Å². The Morgan fingerprint density at radius 2 is 2.00 bits per heavy atom. The molecule has 0 aliphatic rings. The first-order valence-corrected chi connectivity index (χ1v) is 1.55. The van der Waals surface area contributed by atoms with Crippen LogP contribution < -0.4 is 0 Å². The molecule has 0 rings (SSSR count). The summed E-state index contributed by atoms with van der Waals surface area (Å²) in [5.41, 5.74) is 0. The van der Waals surface area contributed by atoms with Crippen LogP contribution in [0.3, 0.4) is 0 Å². The van der Waals surface area contributed by atoms with E-state index in [0.717, 1.165) is 0 Å². The van der Waals surface area contributed by atoms with Gasteiger partial charge in [-0.2, -0.15) is 0 Å². The monoisotopic (exact) mass is 68.1 g/mol. The lowest BCUT2D eigenvalue weighted by Crippen LogP contribution is -2.08. The van der Waals surface area contributed by atoms with E-state index in [0.29, 0.717) is 0 Å². The zero-order valence-electron chi connectivity index (χ0n) is 3.56. The summed E-state index contributed by atoms with van der Waals surface area (Å²) in [6.07, 6.45) is 0. The van der Waals surface area contributed by atoms with Crippen molar-refractivity contribution in [2.45, 2.75) is 6.82 Å². The molecule has 0 aromatic heterocycles. The van der Waals surface area contributed by atoms with Crippen molar-refractivity contribution in [3.8, 4) is 0 Å². The van der Waals surface area contributed by atoms with E-state index in [9.17, 15) is 0 Å². The van der Waals surface area contributed by atoms with Crippen molar-refractivity contribution in [3.05, 3.63) is 0 Å². The van der Waals surface area contributed by atoms with Crippen LogP contribution >= 0.6 is 0 Å². The topological polar surface area (TPSA) is 9.23 Å². The van der Waals surface area contributed by atoms with Crippen molar-refractivity contribution in [3.63, 3.8) is 0 Å². The molecule has 5 heavy (non-hydrogen) atoms. The lowest BCUT2D eigenvalue weighted by molar-refractivity contribution is 0.440. The van der Waals surface area contributed by atoms with Crippen molar-refractivity contribution < 1.29 is 4.65 Å². The van der Waals surface area contributed by atoms with Gasteiger partial charge < -0.3 is 4.65 Å². The first-order chi connectivity index (χ1) is 2.27. The predicted octanol–water partition coefficient (Wildman–Crippen LogP) is -0.0807. The lowest BCUT2D eigenvalue weighted by Gasteiger charge is -1.90. The SMILES string of the molecule is [B]B(C)OC. The van der Waals surface area contributed by atoms with E-state index in [-0.39, 0.29) is 6.81 Å². The largest absolute Gasteiger partial charge is 0.449 e. The van der Waals surface area contributed by atoms with E-state index in [2.05, 4.69) is 4.65 Å². The minimum atomic E-state index is -0.116. The molecule has 0 saturated heterocycles. The van der Waals surface area contributed by atoms with Crippen LogP contribution in [0.1, 0.15) is 0 Å². The van der Waals surface area contributed by atoms with E-state index in [1.54, 1.807) is 13.9 Å². The Bertz CT molecular complexity index is 21.6. The van der Waals surface area contributed by atoms with Gasteiger partial charge in [-0.3, -0.25) is 0 Å². The van der Waals surface area contributed by atoms with Crippen LogP contribution in [0.15, 0.2) is 0 Å². The third-order valence-corrected chi connectivity index (χ3v) is 0.372. The molecular formula is C2H6B2O. The van der Waals surface area contributed by atoms with Crippen LogP contribution in [0, 0.1) is 0 Å². The Labute approximate surface area is 34.2 Å². The van der Waals surface area contributed by atoms with E-state index >= 15 is 0 Å². The Balaban J connectivity index is 2.54. The van der Waals surface area contributed by atoms with Crippen molar-refractivity contribution in [1.29, 1.82) is 0 Å². The van der Waals surface area contributed by atoms with Crippen molar-refractivity contribution >= 4 is 14.5 Å². The summed E-state index contributed by atoms with van der Waals surface area (Å²) < 4.78 is 4.53. The van der Waals surface area contributed by atoms with Gasteiger partial charge in [0.1, 0.15) is 0 Å². The van der Waals surface area contributed by atoms with Gasteiger partial charge in [0.25, 0.3) is 0 Å². The Morgan fingerprint density at radius 1 is 1.80 bits per heavy atom. The maximum Gasteiger partial charge on any atom is 0.233 e. The minimum Gasteiger partial charge on any atom is -0.449 e. The van der Waals surface area contributed by atoms with E-state index in [1.807, 2.05) is 0 Å². The summed E-state index contributed by atoms with van der Waals surface area (Å²) in [6.45, 7) is 1.66. The van der Waals surface area contributed by atoms with Crippen molar-refractivity contribution in [1.82, 2.24) is 0 Å². The molecule has 0 N–H and O–H groups in total. The molecule has 1 nitrogen and oxygen atoms in total. The molecule has 0 heterocycles. The zero-order chi connectivity index (χ0) is 4.28. The highest BCUT2D eigenvalue weighted by atomic mass is 16.4. The standard InChI is InChI=1S/C2H6B2O/c1-4(3)5-2/h1-2H3. The van der Waals surface area contributed by atoms with Crippen LogP contribution in [-0.2, 0) is 4.65 Å². The van der Waals surface area contributed by atoms with E-state index < -0.39 is 0 Å². The van der Waals surface area contributed by atoms with Crippen LogP contribution in [0.25, 0.3) is 0 Å². The highest BCUT2D eigenvalue weighted by Crippen LogP contribution is 1.65. The molecule has 0 aliphatic carbocycles. The molecule has 26 valence electrons. The molecule has 3 heteroatoms. The molecule has 0 atom stereocenters. The second-order valence-electron chi connectivity index (χ2n) is 0.941. The normalized spacial score (nSPS) is 7.60. The van der Waals surface area contributed by atoms with Gasteiger partial charge in [0, 0.05) is 7.11 Å². The quantitative estimate of drug-likeness (QED) is 0.390. The maximum atomic E-state index is 5.07. The summed E-state index contributed by atoms with van der Waals surface area (Å²) in [5, 5.41) is 0. The van der Waals surface area contributed by atoms with Crippen LogP contribution in [0.5, 0.6) is 0 Å². The number of hydrogen-bond donors (Lipinski definition) is 0. The molecule has 0 aliphatic heterocycles. The zero-order valence-corrected chi connectivity index (χ0v) is 3.56. The smallest absolute Gasteiger partial charge is 0.233 e. The Morgan fingerprint density at radius 3 is 2.00 bits per heavy atom. The van der Waals surface area contributed by atoms with Gasteiger partial charge in [-0.1, -0.05) is 6.82 Å². The molecule has 0 aromatic carbocycles. The Kier molecular flexibility index (Phi) is 2.38. The number of hydrogen-bond acceptors (Lipinski definition) is 1. The molecule has 0 aromatic rings. The average molecular weight is 67.7 g/mol. The fraction of sp³-hybridized carbons (Fsp3) is 1.00. The third kappa shape index (κ3) is 4.09. The van der Waals surface area contributed by atoms with Crippen molar-refractivity contribution in [2.75, 3.05) is 7.11 Å². The van der Waals surface area contributed by atoms with E-state index in [4.69, 9.17) is 7.74 Å². The summed E-state index contributed by atoms with van der Waals surface area (Å²) >= 11 is 0. The molecular weight excluding hydrogens is 61.6 g/mol.